The number of hydrogen-bond donors (Lipinski definition) is 0. The first kappa shape index (κ1) is 16.0. The normalized spacial score (nSPS) is 25.0. The largest absolute Gasteiger partial charge is 0.442 e. The molecule has 5 heteroatoms. The van der Waals surface area contributed by atoms with Crippen molar-refractivity contribution in [2.24, 2.45) is 0 Å². The minimum Gasteiger partial charge on any atom is -0.160 e. The topological polar surface area (TPSA) is 0 Å². The summed E-state index contributed by atoms with van der Waals surface area (Å²) >= 11 is 3.12. The standard InChI is InChI=1S/C15H18BrF3S/c1-3-5-6-13-10-12-8-7-11(4-2)9-14(12)20(13,16)15(17,18)19/h7-10H,3-6H2,1-2H3. The van der Waals surface area contributed by atoms with E-state index in [1.807, 2.05) is 26.0 Å². The van der Waals surface area contributed by atoms with E-state index in [0.29, 0.717) is 16.2 Å². The fourth-order valence-corrected chi connectivity index (χ4v) is 6.31. The van der Waals surface area contributed by atoms with Gasteiger partial charge >= 0.3 is 5.51 Å². The summed E-state index contributed by atoms with van der Waals surface area (Å²) in [4.78, 5) is 0.936. The lowest BCUT2D eigenvalue weighted by Crippen LogP contribution is -2.16. The van der Waals surface area contributed by atoms with Crippen molar-refractivity contribution in [2.75, 3.05) is 0 Å². The van der Waals surface area contributed by atoms with Gasteiger partial charge in [-0.3, -0.25) is 0 Å². The predicted molar refractivity (Wildman–Crippen MR) is 84.2 cm³/mol. The van der Waals surface area contributed by atoms with Crippen LogP contribution < -0.4 is 0 Å². The monoisotopic (exact) mass is 366 g/mol. The van der Waals surface area contributed by atoms with Crippen LogP contribution in [-0.2, 0) is 6.42 Å². The maximum absolute atomic E-state index is 13.7. The van der Waals surface area contributed by atoms with Crippen molar-refractivity contribution in [3.63, 3.8) is 0 Å². The second-order valence-corrected chi connectivity index (χ2v) is 10.3. The SMILES string of the molecule is CCCCC1=Cc2ccc(CC)cc2S1(Br)C(F)(F)F. The molecule has 1 aliphatic rings. The third-order valence-electron chi connectivity index (χ3n) is 3.56. The van der Waals surface area contributed by atoms with Crippen molar-refractivity contribution < 1.29 is 13.2 Å². The molecule has 1 aromatic carbocycles. The Kier molecular flexibility index (Phi) is 4.59. The van der Waals surface area contributed by atoms with Crippen LogP contribution in [0.1, 0.15) is 44.2 Å². The van der Waals surface area contributed by atoms with E-state index in [-0.39, 0.29) is 0 Å². The lowest BCUT2D eigenvalue weighted by atomic mass is 10.1. The van der Waals surface area contributed by atoms with Gasteiger partial charge in [0.25, 0.3) is 0 Å². The van der Waals surface area contributed by atoms with E-state index in [2.05, 4.69) is 14.8 Å². The van der Waals surface area contributed by atoms with E-state index < -0.39 is 14.0 Å². The Balaban J connectivity index is 2.53. The summed E-state index contributed by atoms with van der Waals surface area (Å²) in [5.41, 5.74) is -2.57. The van der Waals surface area contributed by atoms with Gasteiger partial charge in [0.1, 0.15) is 0 Å². The van der Waals surface area contributed by atoms with Gasteiger partial charge in [0.15, 0.2) is 0 Å². The molecule has 1 heterocycles. The summed E-state index contributed by atoms with van der Waals surface area (Å²) in [7, 11) is -3.05. The molecule has 0 spiro atoms. The summed E-state index contributed by atoms with van der Waals surface area (Å²) in [5, 5.41) is 0. The molecular formula is C15H18BrF3S. The third kappa shape index (κ3) is 2.54. The Bertz CT molecular complexity index is 536. The lowest BCUT2D eigenvalue weighted by molar-refractivity contribution is -0.0355. The summed E-state index contributed by atoms with van der Waals surface area (Å²) in [6.45, 7) is 3.96. The zero-order valence-electron chi connectivity index (χ0n) is 11.6. The van der Waals surface area contributed by atoms with Crippen molar-refractivity contribution in [1.82, 2.24) is 0 Å². The van der Waals surface area contributed by atoms with E-state index in [1.54, 1.807) is 12.1 Å². The molecule has 0 saturated carbocycles. The Morgan fingerprint density at radius 3 is 2.45 bits per heavy atom. The molecule has 0 amide bonds. The number of hydrogen-bond acceptors (Lipinski definition) is 0. The van der Waals surface area contributed by atoms with Crippen LogP contribution in [-0.4, -0.2) is 5.51 Å². The molecule has 0 aromatic heterocycles. The fraction of sp³-hybridized carbons (Fsp3) is 0.467. The van der Waals surface area contributed by atoms with Gasteiger partial charge in [0, 0.05) is 4.90 Å². The second kappa shape index (κ2) is 5.76. The zero-order chi connectivity index (χ0) is 15.0. The first-order valence-electron chi connectivity index (χ1n) is 6.77. The summed E-state index contributed by atoms with van der Waals surface area (Å²) < 4.78 is 41.1. The van der Waals surface area contributed by atoms with Gasteiger partial charge in [-0.25, -0.2) is 0 Å². The molecule has 1 atom stereocenters. The van der Waals surface area contributed by atoms with Crippen LogP contribution in [0.25, 0.3) is 6.08 Å². The van der Waals surface area contributed by atoms with Crippen LogP contribution in [0.5, 0.6) is 0 Å². The molecule has 0 radical (unpaired) electrons. The van der Waals surface area contributed by atoms with Gasteiger partial charge in [-0.05, 0) is 70.7 Å². The highest BCUT2D eigenvalue weighted by atomic mass is 79.9. The van der Waals surface area contributed by atoms with Gasteiger partial charge in [0.05, 0.1) is 0 Å². The van der Waals surface area contributed by atoms with Crippen molar-refractivity contribution in [3.8, 4) is 0 Å². The number of allylic oxidation sites excluding steroid dienone is 1. The Labute approximate surface area is 127 Å². The predicted octanol–water partition coefficient (Wildman–Crippen LogP) is 6.79. The highest BCUT2D eigenvalue weighted by Crippen LogP contribution is 2.81. The first-order valence-corrected chi connectivity index (χ1v) is 10.2. The maximum Gasteiger partial charge on any atom is 0.442 e. The number of unbranched alkanes of at least 4 members (excludes halogenated alkanes) is 1. The van der Waals surface area contributed by atoms with Crippen LogP contribution >= 0.6 is 23.3 Å². The molecule has 20 heavy (non-hydrogen) atoms. The molecule has 1 unspecified atom stereocenters. The summed E-state index contributed by atoms with van der Waals surface area (Å²) in [5.74, 6) is 0. The number of benzene rings is 1. The van der Waals surface area contributed by atoms with Crippen LogP contribution in [0.15, 0.2) is 28.0 Å². The summed E-state index contributed by atoms with van der Waals surface area (Å²) in [6, 6.07) is 5.46. The molecule has 112 valence electrons. The summed E-state index contributed by atoms with van der Waals surface area (Å²) in [6.07, 6.45) is 4.68. The number of halogens is 4. The van der Waals surface area contributed by atoms with E-state index in [1.165, 1.54) is 0 Å². The molecule has 1 aromatic rings. The van der Waals surface area contributed by atoms with E-state index in [4.69, 9.17) is 0 Å². The molecule has 2 rings (SSSR count). The average Bonchev–Trinajstić information content (AvgIpc) is 2.69. The number of aryl methyl sites for hydroxylation is 1. The molecule has 0 N–H and O–H groups in total. The van der Waals surface area contributed by atoms with E-state index in [9.17, 15) is 13.2 Å². The van der Waals surface area contributed by atoms with Crippen molar-refractivity contribution in [3.05, 3.63) is 34.2 Å². The van der Waals surface area contributed by atoms with Crippen LogP contribution in [0, 0.1) is 0 Å². The number of rotatable bonds is 4. The third-order valence-corrected chi connectivity index (χ3v) is 9.60. The molecule has 0 nitrogen and oxygen atoms in total. The molecule has 0 bridgehead atoms. The first-order chi connectivity index (χ1) is 9.34. The fourth-order valence-electron chi connectivity index (χ4n) is 2.39. The highest BCUT2D eigenvalue weighted by molar-refractivity contribution is 9.59. The smallest absolute Gasteiger partial charge is 0.160 e. The maximum atomic E-state index is 13.7. The Hall–Kier alpha value is -0.420. The number of fused-ring (bicyclic) bond motifs is 1. The minimum atomic E-state index is -4.25. The lowest BCUT2D eigenvalue weighted by Gasteiger charge is -2.35. The molecule has 1 aliphatic heterocycles. The molecule has 0 saturated heterocycles. The number of alkyl halides is 3. The van der Waals surface area contributed by atoms with Crippen LogP contribution in [0.3, 0.4) is 0 Å². The minimum absolute atomic E-state index is 0.426. The Morgan fingerprint density at radius 2 is 1.90 bits per heavy atom. The molecular weight excluding hydrogens is 349 g/mol. The van der Waals surface area contributed by atoms with Gasteiger partial charge in [-0.15, -0.1) is 0 Å². The molecule has 0 aliphatic carbocycles. The Morgan fingerprint density at radius 1 is 1.20 bits per heavy atom. The van der Waals surface area contributed by atoms with Gasteiger partial charge in [-0.2, -0.15) is 13.2 Å². The zero-order valence-corrected chi connectivity index (χ0v) is 14.0. The van der Waals surface area contributed by atoms with Gasteiger partial charge < -0.3 is 0 Å². The van der Waals surface area contributed by atoms with Crippen LogP contribution in [0.4, 0.5) is 13.2 Å². The van der Waals surface area contributed by atoms with E-state index in [0.717, 1.165) is 30.4 Å². The van der Waals surface area contributed by atoms with Crippen molar-refractivity contribution >= 4 is 29.4 Å². The second-order valence-electron chi connectivity index (χ2n) is 4.92. The van der Waals surface area contributed by atoms with Crippen LogP contribution in [0.2, 0.25) is 0 Å². The van der Waals surface area contributed by atoms with Crippen molar-refractivity contribution in [2.45, 2.75) is 49.9 Å². The highest BCUT2D eigenvalue weighted by Gasteiger charge is 2.54. The quantitative estimate of drug-likeness (QED) is 0.550. The van der Waals surface area contributed by atoms with Gasteiger partial charge in [0.2, 0.25) is 0 Å². The average molecular weight is 367 g/mol. The van der Waals surface area contributed by atoms with Gasteiger partial charge in [-0.1, -0.05) is 32.4 Å². The molecule has 0 fully saturated rings. The van der Waals surface area contributed by atoms with Crippen molar-refractivity contribution in [1.29, 1.82) is 0 Å². The van der Waals surface area contributed by atoms with E-state index >= 15 is 0 Å².